The van der Waals surface area contributed by atoms with Crippen LogP contribution >= 0.6 is 0 Å². The Kier molecular flexibility index (Phi) is 4.64. The van der Waals surface area contributed by atoms with Crippen LogP contribution in [0.15, 0.2) is 83.9 Å². The Morgan fingerprint density at radius 2 is 1.39 bits per heavy atom. The third-order valence-electron chi connectivity index (χ3n) is 5.10. The molecule has 0 aliphatic carbocycles. The van der Waals surface area contributed by atoms with Crippen molar-refractivity contribution in [2.24, 2.45) is 4.99 Å². The standard InChI is InChI=1S/C26H26N2/c1-18-9-11-19(12-10-18)24-17-25(28-23-8-6-5-7-22(23)27-24)20-13-15-21(16-14-20)26(2,3)4/h5-17,27H,1-4H3. The fourth-order valence-corrected chi connectivity index (χ4v) is 3.33. The molecular formula is C26H26N2. The molecule has 0 fully saturated rings. The van der Waals surface area contributed by atoms with Gasteiger partial charge in [0.15, 0.2) is 0 Å². The van der Waals surface area contributed by atoms with Gasteiger partial charge in [-0.25, -0.2) is 4.99 Å². The van der Waals surface area contributed by atoms with Gasteiger partial charge in [0, 0.05) is 11.3 Å². The lowest BCUT2D eigenvalue weighted by Gasteiger charge is -2.19. The van der Waals surface area contributed by atoms with Crippen LogP contribution in [0.1, 0.15) is 43.0 Å². The maximum absolute atomic E-state index is 4.97. The summed E-state index contributed by atoms with van der Waals surface area (Å²) in [6.07, 6.45) is 2.15. The molecule has 0 saturated heterocycles. The maximum atomic E-state index is 4.97. The van der Waals surface area contributed by atoms with E-state index in [9.17, 15) is 0 Å². The number of allylic oxidation sites excluding steroid dienone is 1. The van der Waals surface area contributed by atoms with Gasteiger partial charge in [0.1, 0.15) is 0 Å². The quantitative estimate of drug-likeness (QED) is 0.525. The Balaban J connectivity index is 1.81. The summed E-state index contributed by atoms with van der Waals surface area (Å²) in [4.78, 5) is 4.97. The highest BCUT2D eigenvalue weighted by molar-refractivity contribution is 6.15. The predicted molar refractivity (Wildman–Crippen MR) is 121 cm³/mol. The van der Waals surface area contributed by atoms with E-state index in [0.717, 1.165) is 33.9 Å². The van der Waals surface area contributed by atoms with Crippen LogP contribution in [0.25, 0.3) is 5.70 Å². The number of para-hydroxylation sites is 2. The Morgan fingerprint density at radius 3 is 2.07 bits per heavy atom. The van der Waals surface area contributed by atoms with E-state index in [-0.39, 0.29) is 5.41 Å². The van der Waals surface area contributed by atoms with Gasteiger partial charge in [-0.05, 0) is 41.7 Å². The van der Waals surface area contributed by atoms with Gasteiger partial charge in [0.2, 0.25) is 0 Å². The first-order chi connectivity index (χ1) is 13.4. The summed E-state index contributed by atoms with van der Waals surface area (Å²) in [6.45, 7) is 8.82. The van der Waals surface area contributed by atoms with Gasteiger partial charge in [-0.1, -0.05) is 87.0 Å². The van der Waals surface area contributed by atoms with Crippen molar-refractivity contribution in [3.8, 4) is 0 Å². The third-order valence-corrected chi connectivity index (χ3v) is 5.10. The van der Waals surface area contributed by atoms with Gasteiger partial charge < -0.3 is 5.32 Å². The van der Waals surface area contributed by atoms with Crippen molar-refractivity contribution in [2.45, 2.75) is 33.1 Å². The molecule has 0 unspecified atom stereocenters. The number of hydrogen-bond donors (Lipinski definition) is 1. The highest BCUT2D eigenvalue weighted by Gasteiger charge is 2.16. The van der Waals surface area contributed by atoms with Gasteiger partial charge in [-0.15, -0.1) is 0 Å². The van der Waals surface area contributed by atoms with E-state index < -0.39 is 0 Å². The molecule has 1 aliphatic heterocycles. The molecule has 3 aromatic carbocycles. The van der Waals surface area contributed by atoms with Crippen molar-refractivity contribution in [3.05, 3.63) is 101 Å². The predicted octanol–water partition coefficient (Wildman–Crippen LogP) is 6.88. The van der Waals surface area contributed by atoms with Gasteiger partial charge in [0.25, 0.3) is 0 Å². The second-order valence-electron chi connectivity index (χ2n) is 8.39. The van der Waals surface area contributed by atoms with Crippen molar-refractivity contribution in [2.75, 3.05) is 5.32 Å². The Labute approximate surface area is 167 Å². The number of hydrogen-bond acceptors (Lipinski definition) is 2. The number of aryl methyl sites for hydroxylation is 1. The molecule has 140 valence electrons. The summed E-state index contributed by atoms with van der Waals surface area (Å²) in [5.41, 5.74) is 9.00. The highest BCUT2D eigenvalue weighted by Crippen LogP contribution is 2.32. The zero-order valence-electron chi connectivity index (χ0n) is 17.0. The monoisotopic (exact) mass is 366 g/mol. The molecule has 1 N–H and O–H groups in total. The molecule has 3 aromatic rings. The zero-order chi connectivity index (χ0) is 19.7. The first-order valence-electron chi connectivity index (χ1n) is 9.74. The van der Waals surface area contributed by atoms with Crippen LogP contribution in [0, 0.1) is 6.92 Å². The van der Waals surface area contributed by atoms with E-state index >= 15 is 0 Å². The van der Waals surface area contributed by atoms with Crippen LogP contribution in [0.5, 0.6) is 0 Å². The van der Waals surface area contributed by atoms with Crippen molar-refractivity contribution in [3.63, 3.8) is 0 Å². The normalized spacial score (nSPS) is 13.7. The minimum atomic E-state index is 0.140. The molecule has 0 saturated carbocycles. The van der Waals surface area contributed by atoms with E-state index in [0.29, 0.717) is 0 Å². The first-order valence-corrected chi connectivity index (χ1v) is 9.74. The molecule has 0 aromatic heterocycles. The molecule has 1 aliphatic rings. The largest absolute Gasteiger partial charge is 0.353 e. The molecule has 0 atom stereocenters. The lowest BCUT2D eigenvalue weighted by Crippen LogP contribution is -2.11. The number of benzene rings is 3. The van der Waals surface area contributed by atoms with Crippen LogP contribution in [-0.2, 0) is 5.41 Å². The van der Waals surface area contributed by atoms with Crippen molar-refractivity contribution < 1.29 is 0 Å². The fourth-order valence-electron chi connectivity index (χ4n) is 3.33. The van der Waals surface area contributed by atoms with Crippen LogP contribution in [0.2, 0.25) is 0 Å². The van der Waals surface area contributed by atoms with Crippen LogP contribution in [0.4, 0.5) is 11.4 Å². The van der Waals surface area contributed by atoms with Crippen LogP contribution in [0.3, 0.4) is 0 Å². The molecule has 2 nitrogen and oxygen atoms in total. The lowest BCUT2D eigenvalue weighted by molar-refractivity contribution is 0.590. The Hall–Kier alpha value is -3.13. The van der Waals surface area contributed by atoms with Crippen molar-refractivity contribution in [1.29, 1.82) is 0 Å². The second kappa shape index (κ2) is 7.12. The number of fused-ring (bicyclic) bond motifs is 1. The number of anilines is 1. The average Bonchev–Trinajstić information content (AvgIpc) is 2.88. The summed E-state index contributed by atoms with van der Waals surface area (Å²) in [5.74, 6) is 0. The summed E-state index contributed by atoms with van der Waals surface area (Å²) in [5, 5.41) is 3.58. The fraction of sp³-hybridized carbons (Fsp3) is 0.192. The zero-order valence-corrected chi connectivity index (χ0v) is 17.0. The Morgan fingerprint density at radius 1 is 0.750 bits per heavy atom. The first kappa shape index (κ1) is 18.2. The van der Waals surface area contributed by atoms with Gasteiger partial charge >= 0.3 is 0 Å². The molecule has 1 heterocycles. The summed E-state index contributed by atoms with van der Waals surface area (Å²) in [7, 11) is 0. The number of rotatable bonds is 2. The molecule has 0 amide bonds. The SMILES string of the molecule is Cc1ccc(C2=CC(c3ccc(C(C)(C)C)cc3)=Nc3ccccc3N2)cc1. The second-order valence-corrected chi connectivity index (χ2v) is 8.39. The summed E-state index contributed by atoms with van der Waals surface area (Å²) >= 11 is 0. The third kappa shape index (κ3) is 3.77. The van der Waals surface area contributed by atoms with Crippen LogP contribution < -0.4 is 5.32 Å². The van der Waals surface area contributed by atoms with E-state index in [2.05, 4.69) is 99.8 Å². The van der Waals surface area contributed by atoms with Crippen LogP contribution in [-0.4, -0.2) is 5.71 Å². The number of aliphatic imine (C=N–C) groups is 1. The minimum Gasteiger partial charge on any atom is -0.353 e. The summed E-state index contributed by atoms with van der Waals surface area (Å²) < 4.78 is 0. The maximum Gasteiger partial charge on any atom is 0.0871 e. The van der Waals surface area contributed by atoms with E-state index in [4.69, 9.17) is 4.99 Å². The Bertz CT molecular complexity index is 1050. The topological polar surface area (TPSA) is 24.4 Å². The molecule has 0 spiro atoms. The highest BCUT2D eigenvalue weighted by atomic mass is 14.9. The average molecular weight is 367 g/mol. The smallest absolute Gasteiger partial charge is 0.0871 e. The lowest BCUT2D eigenvalue weighted by atomic mass is 9.86. The molecule has 4 rings (SSSR count). The van der Waals surface area contributed by atoms with Crippen molar-refractivity contribution in [1.82, 2.24) is 0 Å². The van der Waals surface area contributed by atoms with Gasteiger partial charge in [-0.2, -0.15) is 0 Å². The number of nitrogens with one attached hydrogen (secondary N) is 1. The molecule has 2 heteroatoms. The summed E-state index contributed by atoms with van der Waals surface area (Å²) in [6, 6.07) is 25.6. The van der Waals surface area contributed by atoms with Gasteiger partial charge in [-0.3, -0.25) is 0 Å². The molecule has 0 bridgehead atoms. The number of nitrogens with zero attached hydrogens (tertiary/aromatic N) is 1. The van der Waals surface area contributed by atoms with E-state index in [1.54, 1.807) is 0 Å². The van der Waals surface area contributed by atoms with E-state index in [1.807, 2.05) is 12.1 Å². The molecule has 28 heavy (non-hydrogen) atoms. The minimum absolute atomic E-state index is 0.140. The molecular weight excluding hydrogens is 340 g/mol. The van der Waals surface area contributed by atoms with Crippen molar-refractivity contribution >= 4 is 22.8 Å². The molecule has 0 radical (unpaired) electrons. The van der Waals surface area contributed by atoms with E-state index in [1.165, 1.54) is 11.1 Å². The van der Waals surface area contributed by atoms with Gasteiger partial charge in [0.05, 0.1) is 17.1 Å².